The molecular weight excluding hydrogens is 535 g/mol. The van der Waals surface area contributed by atoms with Crippen LogP contribution in [0, 0.1) is 0 Å². The zero-order chi connectivity index (χ0) is 27.2. The van der Waals surface area contributed by atoms with Gasteiger partial charge in [-0.3, -0.25) is 9.59 Å². The van der Waals surface area contributed by atoms with Crippen LogP contribution in [0.1, 0.15) is 23.5 Å². The number of carboxylic acids is 2. The number of halogens is 4. The van der Waals surface area contributed by atoms with Gasteiger partial charge in [-0.15, -0.1) is 0 Å². The highest BCUT2D eigenvalue weighted by Gasteiger charge is 2.68. The Balaban J connectivity index is 1.74. The number of rotatable bonds is 8. The maximum absolute atomic E-state index is 13.6. The Morgan fingerprint density at radius 3 is 2.05 bits per heavy atom. The van der Waals surface area contributed by atoms with Crippen molar-refractivity contribution in [2.75, 3.05) is 6.54 Å². The fraction of sp³-hybridized carbons (Fsp3) is 0.200. The second-order valence-electron chi connectivity index (χ2n) is 8.55. The SMILES string of the molecule is O=C(O)CN(C1(C(=O)O)CC1c1cccc(C(F)(F)F)c1)S(=O)(=O)c1ccc(-c2ccc(Cl)cc2)cc1. The number of carbonyl (C=O) groups is 2. The molecule has 0 aliphatic heterocycles. The van der Waals surface area contributed by atoms with Crippen LogP contribution in [-0.4, -0.2) is 47.0 Å². The predicted octanol–water partition coefficient (Wildman–Crippen LogP) is 5.11. The Hall–Kier alpha value is -3.41. The standard InChI is InChI=1S/C25H19ClF3NO6S/c26-19-8-4-15(5-9-19)16-6-10-20(11-7-16)37(35,36)30(14-22(31)32)24(23(33)34)13-21(24)17-2-1-3-18(12-17)25(27,28)29/h1-12,21H,13-14H2,(H,31,32)(H,33,34). The van der Waals surface area contributed by atoms with Crippen molar-refractivity contribution in [2.45, 2.75) is 28.9 Å². The fourth-order valence-electron chi connectivity index (χ4n) is 4.35. The quantitative estimate of drug-likeness (QED) is 0.401. The van der Waals surface area contributed by atoms with E-state index in [9.17, 15) is 41.4 Å². The third kappa shape index (κ3) is 5.07. The molecule has 4 rings (SSSR count). The Kier molecular flexibility index (Phi) is 6.82. The summed E-state index contributed by atoms with van der Waals surface area (Å²) in [7, 11) is -4.69. The fourth-order valence-corrected chi connectivity index (χ4v) is 6.20. The molecule has 0 heterocycles. The van der Waals surface area contributed by atoms with E-state index in [2.05, 4.69) is 0 Å². The van der Waals surface area contributed by atoms with Gasteiger partial charge in [-0.25, -0.2) is 8.42 Å². The number of hydrogen-bond acceptors (Lipinski definition) is 4. The molecule has 2 N–H and O–H groups in total. The van der Waals surface area contributed by atoms with Gasteiger partial charge in [0.05, 0.1) is 10.5 Å². The molecule has 12 heteroatoms. The molecule has 3 aromatic carbocycles. The molecule has 0 saturated heterocycles. The Morgan fingerprint density at radius 1 is 0.973 bits per heavy atom. The lowest BCUT2D eigenvalue weighted by Gasteiger charge is -2.28. The maximum Gasteiger partial charge on any atom is 0.416 e. The summed E-state index contributed by atoms with van der Waals surface area (Å²) < 4.78 is 67.1. The van der Waals surface area contributed by atoms with Crippen LogP contribution in [0.2, 0.25) is 5.02 Å². The minimum atomic E-state index is -4.70. The molecule has 1 aliphatic rings. The molecule has 1 aliphatic carbocycles. The zero-order valence-corrected chi connectivity index (χ0v) is 20.4. The Labute approximate surface area is 214 Å². The molecule has 2 unspecified atom stereocenters. The Morgan fingerprint density at radius 2 is 1.54 bits per heavy atom. The summed E-state index contributed by atoms with van der Waals surface area (Å²) in [5, 5.41) is 20.0. The van der Waals surface area contributed by atoms with Crippen LogP contribution >= 0.6 is 11.6 Å². The van der Waals surface area contributed by atoms with E-state index in [0.29, 0.717) is 14.9 Å². The van der Waals surface area contributed by atoms with E-state index in [4.69, 9.17) is 11.6 Å². The van der Waals surface area contributed by atoms with Crippen LogP contribution in [0.15, 0.2) is 77.7 Å². The number of alkyl halides is 3. The number of hydrogen-bond donors (Lipinski definition) is 2. The summed E-state index contributed by atoms with van der Waals surface area (Å²) in [6.45, 7) is -1.19. The maximum atomic E-state index is 13.6. The minimum absolute atomic E-state index is 0.0547. The smallest absolute Gasteiger partial charge is 0.416 e. The van der Waals surface area contributed by atoms with E-state index in [1.807, 2.05) is 0 Å². The molecule has 2 atom stereocenters. The van der Waals surface area contributed by atoms with Gasteiger partial charge < -0.3 is 10.2 Å². The lowest BCUT2D eigenvalue weighted by atomic mass is 10.0. The normalized spacial score (nSPS) is 19.5. The topological polar surface area (TPSA) is 112 Å². The van der Waals surface area contributed by atoms with Crippen molar-refractivity contribution in [3.63, 3.8) is 0 Å². The van der Waals surface area contributed by atoms with E-state index >= 15 is 0 Å². The van der Waals surface area contributed by atoms with E-state index in [-0.39, 0.29) is 16.9 Å². The molecule has 0 aromatic heterocycles. The van der Waals surface area contributed by atoms with Gasteiger partial charge in [0, 0.05) is 10.9 Å². The summed E-state index contributed by atoms with van der Waals surface area (Å²) >= 11 is 5.89. The summed E-state index contributed by atoms with van der Waals surface area (Å²) in [4.78, 5) is 23.6. The molecule has 194 valence electrons. The predicted molar refractivity (Wildman–Crippen MR) is 128 cm³/mol. The molecule has 0 spiro atoms. The minimum Gasteiger partial charge on any atom is -0.480 e. The first-order valence-electron chi connectivity index (χ1n) is 10.8. The molecule has 3 aromatic rings. The van der Waals surface area contributed by atoms with Crippen LogP contribution < -0.4 is 0 Å². The molecule has 0 radical (unpaired) electrons. The zero-order valence-electron chi connectivity index (χ0n) is 18.8. The van der Waals surface area contributed by atoms with Gasteiger partial charge >= 0.3 is 18.1 Å². The van der Waals surface area contributed by atoms with E-state index < -0.39 is 51.7 Å². The third-order valence-electron chi connectivity index (χ3n) is 6.26. The second kappa shape index (κ2) is 9.47. The lowest BCUT2D eigenvalue weighted by Crippen LogP contribution is -2.50. The first-order chi connectivity index (χ1) is 17.3. The van der Waals surface area contributed by atoms with Gasteiger partial charge in [0.15, 0.2) is 0 Å². The van der Waals surface area contributed by atoms with E-state index in [1.165, 1.54) is 30.3 Å². The molecule has 1 saturated carbocycles. The highest BCUT2D eigenvalue weighted by Crippen LogP contribution is 2.57. The van der Waals surface area contributed by atoms with Crippen LogP contribution in [0.3, 0.4) is 0 Å². The Bertz CT molecular complexity index is 1460. The van der Waals surface area contributed by atoms with Crippen molar-refractivity contribution in [3.05, 3.63) is 88.9 Å². The van der Waals surface area contributed by atoms with Crippen molar-refractivity contribution < 1.29 is 41.4 Å². The summed E-state index contributed by atoms with van der Waals surface area (Å²) in [6.07, 6.45) is -5.09. The third-order valence-corrected chi connectivity index (χ3v) is 8.42. The van der Waals surface area contributed by atoms with Gasteiger partial charge in [0.2, 0.25) is 10.0 Å². The largest absolute Gasteiger partial charge is 0.480 e. The average Bonchev–Trinajstić information content (AvgIpc) is 3.59. The van der Waals surface area contributed by atoms with Crippen LogP contribution in [0.5, 0.6) is 0 Å². The lowest BCUT2D eigenvalue weighted by molar-refractivity contribution is -0.145. The van der Waals surface area contributed by atoms with Crippen molar-refractivity contribution in [3.8, 4) is 11.1 Å². The molecule has 0 amide bonds. The van der Waals surface area contributed by atoms with Gasteiger partial charge in [0.1, 0.15) is 12.1 Å². The highest BCUT2D eigenvalue weighted by molar-refractivity contribution is 7.89. The number of aliphatic carboxylic acids is 2. The van der Waals surface area contributed by atoms with Gasteiger partial charge in [-0.05, 0) is 53.4 Å². The van der Waals surface area contributed by atoms with Crippen molar-refractivity contribution in [1.82, 2.24) is 4.31 Å². The monoisotopic (exact) mass is 553 g/mol. The first kappa shape index (κ1) is 26.6. The van der Waals surface area contributed by atoms with Crippen molar-refractivity contribution in [2.24, 2.45) is 0 Å². The average molecular weight is 554 g/mol. The number of sulfonamides is 1. The molecule has 37 heavy (non-hydrogen) atoms. The number of carboxylic acid groups (broad SMARTS) is 2. The second-order valence-corrected chi connectivity index (χ2v) is 10.8. The summed E-state index contributed by atoms with van der Waals surface area (Å²) in [5.74, 6) is -4.45. The highest BCUT2D eigenvalue weighted by atomic mass is 35.5. The number of benzene rings is 3. The van der Waals surface area contributed by atoms with Crippen molar-refractivity contribution >= 4 is 33.6 Å². The van der Waals surface area contributed by atoms with Gasteiger partial charge in [-0.1, -0.05) is 54.1 Å². The van der Waals surface area contributed by atoms with Gasteiger partial charge in [0.25, 0.3) is 0 Å². The molecule has 1 fully saturated rings. The van der Waals surface area contributed by atoms with Crippen LogP contribution in [0.25, 0.3) is 11.1 Å². The van der Waals surface area contributed by atoms with Crippen LogP contribution in [-0.2, 0) is 25.8 Å². The van der Waals surface area contributed by atoms with Crippen molar-refractivity contribution in [1.29, 1.82) is 0 Å². The van der Waals surface area contributed by atoms with Gasteiger partial charge in [-0.2, -0.15) is 17.5 Å². The molecule has 7 nitrogen and oxygen atoms in total. The number of nitrogens with zero attached hydrogens (tertiary/aromatic N) is 1. The molecular formula is C25H19ClF3NO6S. The summed E-state index contributed by atoms with van der Waals surface area (Å²) in [5.41, 5.74) is -2.00. The first-order valence-corrected chi connectivity index (χ1v) is 12.6. The van der Waals surface area contributed by atoms with Crippen LogP contribution in [0.4, 0.5) is 13.2 Å². The summed E-state index contributed by atoms with van der Waals surface area (Å²) in [6, 6.07) is 16.0. The van der Waals surface area contributed by atoms with E-state index in [1.54, 1.807) is 24.3 Å². The van der Waals surface area contributed by atoms with E-state index in [0.717, 1.165) is 23.8 Å². The molecule has 0 bridgehead atoms.